The fourth-order valence-corrected chi connectivity index (χ4v) is 4.02. The van der Waals surface area contributed by atoms with Crippen LogP contribution in [0.1, 0.15) is 30.6 Å². The van der Waals surface area contributed by atoms with Gasteiger partial charge in [-0.2, -0.15) is 0 Å². The van der Waals surface area contributed by atoms with Crippen LogP contribution in [0.2, 0.25) is 0 Å². The van der Waals surface area contributed by atoms with Crippen molar-refractivity contribution in [1.29, 1.82) is 5.41 Å². The van der Waals surface area contributed by atoms with E-state index in [9.17, 15) is 13.6 Å². The first-order valence-electron chi connectivity index (χ1n) is 10.3. The molecule has 2 atom stereocenters. The highest BCUT2D eigenvalue weighted by molar-refractivity contribution is 6.43. The lowest BCUT2D eigenvalue weighted by Crippen LogP contribution is -2.31. The number of allylic oxidation sites excluding steroid dienone is 2. The number of alkyl halides is 1. The van der Waals surface area contributed by atoms with Crippen LogP contribution in [-0.2, 0) is 0 Å². The summed E-state index contributed by atoms with van der Waals surface area (Å²) in [6, 6.07) is 3.52. The molecule has 2 fully saturated rings. The Bertz CT molecular complexity index is 1070. The summed E-state index contributed by atoms with van der Waals surface area (Å²) >= 11 is 6.18. The summed E-state index contributed by atoms with van der Waals surface area (Å²) in [4.78, 5) is 19.1. The van der Waals surface area contributed by atoms with E-state index in [1.807, 2.05) is 6.92 Å². The van der Waals surface area contributed by atoms with Crippen LogP contribution >= 0.6 is 11.6 Å². The normalized spacial score (nSPS) is 25.8. The Labute approximate surface area is 189 Å². The minimum absolute atomic E-state index is 0.0922. The SMILES string of the molecule is CC1=N/C(=C2\CN(C(=O)c3ccc(F)cc3OCC3CC(F)CN3)CC2=N)NC(C)=C1Cl. The molecule has 3 aliphatic rings. The molecular formula is C22H24ClF2N5O2. The molecular weight excluding hydrogens is 440 g/mol. The molecule has 1 amide bonds. The first kappa shape index (κ1) is 22.4. The average molecular weight is 464 g/mol. The van der Waals surface area contributed by atoms with Crippen LogP contribution in [0, 0.1) is 11.2 Å². The molecule has 32 heavy (non-hydrogen) atoms. The number of nitrogens with one attached hydrogen (secondary N) is 3. The van der Waals surface area contributed by atoms with Gasteiger partial charge in [-0.25, -0.2) is 13.8 Å². The molecule has 0 saturated carbocycles. The second-order valence-electron chi connectivity index (χ2n) is 8.12. The van der Waals surface area contributed by atoms with Gasteiger partial charge in [0.25, 0.3) is 5.91 Å². The minimum atomic E-state index is -0.938. The number of hydrogen-bond donors (Lipinski definition) is 3. The second-order valence-corrected chi connectivity index (χ2v) is 8.50. The van der Waals surface area contributed by atoms with Crippen LogP contribution in [0.15, 0.2) is 45.3 Å². The quantitative estimate of drug-likeness (QED) is 0.640. The first-order valence-corrected chi connectivity index (χ1v) is 10.7. The van der Waals surface area contributed by atoms with Gasteiger partial charge in [0.1, 0.15) is 30.2 Å². The number of ether oxygens (including phenoxy) is 1. The molecule has 0 spiro atoms. The van der Waals surface area contributed by atoms with Crippen molar-refractivity contribution >= 4 is 28.9 Å². The number of benzene rings is 1. The van der Waals surface area contributed by atoms with E-state index < -0.39 is 12.0 Å². The lowest BCUT2D eigenvalue weighted by Gasteiger charge is -2.20. The number of carbonyl (C=O) groups is 1. The van der Waals surface area contributed by atoms with E-state index in [0.29, 0.717) is 28.6 Å². The predicted molar refractivity (Wildman–Crippen MR) is 119 cm³/mol. The third kappa shape index (κ3) is 4.54. The standard InChI is InChI=1S/C22H24ClF2N5O2/c1-11-20(23)12(2)29-21(28-11)17-8-30(9-18(17)26)22(31)16-4-3-13(24)6-19(16)32-10-15-5-14(25)7-27-15/h3-4,6,14-15,26-28H,5,7-10H2,1-2H3/b21-17+,26-18?. The fourth-order valence-electron chi connectivity index (χ4n) is 3.93. The molecule has 170 valence electrons. The summed E-state index contributed by atoms with van der Waals surface area (Å²) in [5, 5.41) is 15.0. The Morgan fingerprint density at radius 1 is 1.38 bits per heavy atom. The van der Waals surface area contributed by atoms with Crippen molar-refractivity contribution in [3.05, 3.63) is 51.7 Å². The van der Waals surface area contributed by atoms with Crippen molar-refractivity contribution in [2.45, 2.75) is 32.5 Å². The van der Waals surface area contributed by atoms with Crippen molar-refractivity contribution in [3.63, 3.8) is 0 Å². The van der Waals surface area contributed by atoms with Gasteiger partial charge in [-0.15, -0.1) is 0 Å². The average Bonchev–Trinajstić information content (AvgIpc) is 3.35. The number of aliphatic imine (C=N–C) groups is 1. The van der Waals surface area contributed by atoms with E-state index in [2.05, 4.69) is 15.6 Å². The van der Waals surface area contributed by atoms with Gasteiger partial charge in [-0.3, -0.25) is 4.79 Å². The molecule has 0 bridgehead atoms. The molecule has 2 saturated heterocycles. The van der Waals surface area contributed by atoms with E-state index in [4.69, 9.17) is 21.7 Å². The summed E-state index contributed by atoms with van der Waals surface area (Å²) in [6.45, 7) is 4.24. The van der Waals surface area contributed by atoms with Crippen LogP contribution in [0.5, 0.6) is 5.75 Å². The van der Waals surface area contributed by atoms with Crippen LogP contribution in [0.25, 0.3) is 0 Å². The van der Waals surface area contributed by atoms with Crippen molar-refractivity contribution in [3.8, 4) is 5.75 Å². The Hall–Kier alpha value is -2.78. The molecule has 0 aliphatic carbocycles. The van der Waals surface area contributed by atoms with Crippen molar-refractivity contribution < 1.29 is 18.3 Å². The molecule has 1 aromatic carbocycles. The van der Waals surface area contributed by atoms with Crippen molar-refractivity contribution in [2.24, 2.45) is 4.99 Å². The molecule has 1 aromatic rings. The monoisotopic (exact) mass is 463 g/mol. The number of likely N-dealkylation sites (tertiary alicyclic amines) is 1. The Morgan fingerprint density at radius 3 is 2.84 bits per heavy atom. The number of halogens is 3. The van der Waals surface area contributed by atoms with Gasteiger partial charge in [0.05, 0.1) is 35.1 Å². The van der Waals surface area contributed by atoms with Crippen LogP contribution in [-0.4, -0.2) is 60.7 Å². The summed E-state index contributed by atoms with van der Waals surface area (Å²) in [7, 11) is 0. The zero-order valence-corrected chi connectivity index (χ0v) is 18.5. The molecule has 3 heterocycles. The van der Waals surface area contributed by atoms with Gasteiger partial charge in [0.2, 0.25) is 0 Å². The van der Waals surface area contributed by atoms with Gasteiger partial charge < -0.3 is 25.7 Å². The smallest absolute Gasteiger partial charge is 0.258 e. The molecule has 0 aromatic heterocycles. The lowest BCUT2D eigenvalue weighted by molar-refractivity contribution is 0.0799. The Kier molecular flexibility index (Phi) is 6.30. The van der Waals surface area contributed by atoms with Crippen molar-refractivity contribution in [1.82, 2.24) is 15.5 Å². The summed E-state index contributed by atoms with van der Waals surface area (Å²) in [6.07, 6.45) is -0.628. The highest BCUT2D eigenvalue weighted by Gasteiger charge is 2.32. The van der Waals surface area contributed by atoms with Gasteiger partial charge in [0.15, 0.2) is 0 Å². The zero-order valence-electron chi connectivity index (χ0n) is 17.8. The van der Waals surface area contributed by atoms with Gasteiger partial charge in [-0.1, -0.05) is 11.6 Å². The number of nitrogens with zero attached hydrogens (tertiary/aromatic N) is 2. The summed E-state index contributed by atoms with van der Waals surface area (Å²) < 4.78 is 33.0. The molecule has 10 heteroatoms. The second kappa shape index (κ2) is 8.99. The molecule has 3 N–H and O–H groups in total. The van der Waals surface area contributed by atoms with Gasteiger partial charge in [0, 0.05) is 29.9 Å². The molecule has 4 rings (SSSR count). The first-order chi connectivity index (χ1) is 15.2. The van der Waals surface area contributed by atoms with E-state index in [1.54, 1.807) is 6.92 Å². The Morgan fingerprint density at radius 2 is 2.16 bits per heavy atom. The molecule has 2 unspecified atom stereocenters. The number of carbonyl (C=O) groups excluding carboxylic acids is 1. The third-order valence-corrected chi connectivity index (χ3v) is 6.21. The summed E-state index contributed by atoms with van der Waals surface area (Å²) in [5.74, 6) is -0.327. The summed E-state index contributed by atoms with van der Waals surface area (Å²) in [5.41, 5.74) is 2.40. The lowest BCUT2D eigenvalue weighted by atomic mass is 10.1. The maximum atomic E-state index is 13.9. The van der Waals surface area contributed by atoms with Gasteiger partial charge in [-0.05, 0) is 32.4 Å². The topological polar surface area (TPSA) is 89.8 Å². The maximum Gasteiger partial charge on any atom is 0.258 e. The van der Waals surface area contributed by atoms with Crippen LogP contribution in [0.4, 0.5) is 8.78 Å². The van der Waals surface area contributed by atoms with Gasteiger partial charge >= 0.3 is 0 Å². The van der Waals surface area contributed by atoms with E-state index in [1.165, 1.54) is 17.0 Å². The largest absolute Gasteiger partial charge is 0.491 e. The zero-order chi connectivity index (χ0) is 23.0. The number of amides is 1. The highest BCUT2D eigenvalue weighted by Crippen LogP contribution is 2.27. The van der Waals surface area contributed by atoms with Crippen LogP contribution in [0.3, 0.4) is 0 Å². The van der Waals surface area contributed by atoms with Crippen molar-refractivity contribution in [2.75, 3.05) is 26.2 Å². The number of rotatable bonds is 4. The highest BCUT2D eigenvalue weighted by atomic mass is 35.5. The molecule has 7 nitrogen and oxygen atoms in total. The molecule has 0 radical (unpaired) electrons. The number of hydrogen-bond acceptors (Lipinski definition) is 6. The Balaban J connectivity index is 1.53. The maximum absolute atomic E-state index is 13.9. The molecule has 3 aliphatic heterocycles. The predicted octanol–water partition coefficient (Wildman–Crippen LogP) is 3.13. The minimum Gasteiger partial charge on any atom is -0.491 e. The fraction of sp³-hybridized carbons (Fsp3) is 0.409. The van der Waals surface area contributed by atoms with E-state index in [0.717, 1.165) is 11.8 Å². The van der Waals surface area contributed by atoms with E-state index >= 15 is 0 Å². The third-order valence-electron chi connectivity index (χ3n) is 5.65. The van der Waals surface area contributed by atoms with E-state index in [-0.39, 0.29) is 55.2 Å². The van der Waals surface area contributed by atoms with Crippen LogP contribution < -0.4 is 15.4 Å².